The van der Waals surface area contributed by atoms with E-state index in [0.29, 0.717) is 28.2 Å². The Hall–Kier alpha value is -3.72. The molecule has 0 radical (unpaired) electrons. The van der Waals surface area contributed by atoms with Crippen molar-refractivity contribution in [2.45, 2.75) is 32.0 Å². The maximum absolute atomic E-state index is 13.6. The molecule has 0 spiro atoms. The van der Waals surface area contributed by atoms with Crippen molar-refractivity contribution in [1.82, 2.24) is 20.2 Å². The van der Waals surface area contributed by atoms with Gasteiger partial charge in [0.2, 0.25) is 0 Å². The molecular formula is C23H20F2N4O3. The van der Waals surface area contributed by atoms with Crippen LogP contribution in [0, 0.1) is 18.6 Å². The van der Waals surface area contributed by atoms with E-state index in [0.717, 1.165) is 0 Å². The van der Waals surface area contributed by atoms with Crippen LogP contribution in [0.5, 0.6) is 0 Å². The Labute approximate surface area is 182 Å². The molecule has 1 aromatic heterocycles. The summed E-state index contributed by atoms with van der Waals surface area (Å²) in [5.74, 6) is -0.802. The zero-order valence-electron chi connectivity index (χ0n) is 17.2. The van der Waals surface area contributed by atoms with Crippen LogP contribution in [0.25, 0.3) is 11.3 Å². The number of hydrogen-bond donors (Lipinski definition) is 1. The zero-order chi connectivity index (χ0) is 22.7. The van der Waals surface area contributed by atoms with Gasteiger partial charge in [-0.3, -0.25) is 4.79 Å². The van der Waals surface area contributed by atoms with E-state index in [1.165, 1.54) is 28.9 Å². The Morgan fingerprint density at radius 2 is 1.69 bits per heavy atom. The van der Waals surface area contributed by atoms with E-state index < -0.39 is 29.8 Å². The van der Waals surface area contributed by atoms with Crippen LogP contribution < -0.4 is 0 Å². The number of rotatable bonds is 5. The molecule has 3 aromatic rings. The number of carbonyl (C=O) groups is 1. The SMILES string of the molecule is Cc1nnnn1C(/C=C/C1CC(O)CC(=O)O1)=C(c1ccc(F)cc1)c1ccc(F)cc1. The number of nitrogens with zero attached hydrogens (tertiary/aromatic N) is 4. The quantitative estimate of drug-likeness (QED) is 0.486. The first kappa shape index (κ1) is 21.5. The van der Waals surface area contributed by atoms with Crippen LogP contribution in [0.1, 0.15) is 29.8 Å². The van der Waals surface area contributed by atoms with Gasteiger partial charge in [-0.25, -0.2) is 8.78 Å². The molecule has 1 aliphatic rings. The van der Waals surface area contributed by atoms with Crippen molar-refractivity contribution in [2.24, 2.45) is 0 Å². The molecule has 2 atom stereocenters. The molecule has 4 rings (SSSR count). The summed E-state index contributed by atoms with van der Waals surface area (Å²) in [6.07, 6.45) is 2.11. The Morgan fingerprint density at radius 1 is 1.09 bits per heavy atom. The van der Waals surface area contributed by atoms with Gasteiger partial charge in [0.05, 0.1) is 18.2 Å². The monoisotopic (exact) mass is 438 g/mol. The molecule has 32 heavy (non-hydrogen) atoms. The molecule has 0 bridgehead atoms. The van der Waals surface area contributed by atoms with Crippen molar-refractivity contribution in [1.29, 1.82) is 0 Å². The summed E-state index contributed by atoms with van der Waals surface area (Å²) in [7, 11) is 0. The van der Waals surface area contributed by atoms with Crippen molar-refractivity contribution in [3.8, 4) is 0 Å². The average molecular weight is 438 g/mol. The third-order valence-corrected chi connectivity index (χ3v) is 5.03. The molecule has 164 valence electrons. The van der Waals surface area contributed by atoms with Crippen LogP contribution in [0.4, 0.5) is 8.78 Å². The van der Waals surface area contributed by atoms with Gasteiger partial charge in [-0.1, -0.05) is 24.3 Å². The number of benzene rings is 2. The molecule has 9 heteroatoms. The van der Waals surface area contributed by atoms with Crippen LogP contribution >= 0.6 is 0 Å². The fourth-order valence-electron chi connectivity index (χ4n) is 3.53. The molecule has 1 N–H and O–H groups in total. The van der Waals surface area contributed by atoms with Crippen molar-refractivity contribution >= 4 is 17.2 Å². The lowest BCUT2D eigenvalue weighted by atomic mass is 9.95. The van der Waals surface area contributed by atoms with E-state index in [9.17, 15) is 18.7 Å². The Balaban J connectivity index is 1.90. The lowest BCUT2D eigenvalue weighted by Crippen LogP contribution is -2.31. The Bertz CT molecular complexity index is 1120. The van der Waals surface area contributed by atoms with Crippen LogP contribution in [0.15, 0.2) is 60.7 Å². The first-order chi connectivity index (χ1) is 15.4. The smallest absolute Gasteiger partial charge is 0.309 e. The van der Waals surface area contributed by atoms with Gasteiger partial charge in [-0.15, -0.1) is 5.10 Å². The number of esters is 1. The minimum atomic E-state index is -0.790. The molecule has 1 aliphatic heterocycles. The van der Waals surface area contributed by atoms with Gasteiger partial charge in [0.15, 0.2) is 5.82 Å². The van der Waals surface area contributed by atoms with Gasteiger partial charge in [0.25, 0.3) is 0 Å². The summed E-state index contributed by atoms with van der Waals surface area (Å²) < 4.78 is 34.0. The molecule has 2 aromatic carbocycles. The van der Waals surface area contributed by atoms with Gasteiger partial charge in [-0.2, -0.15) is 4.68 Å². The summed E-state index contributed by atoms with van der Waals surface area (Å²) in [6.45, 7) is 1.71. The summed E-state index contributed by atoms with van der Waals surface area (Å²) in [5, 5.41) is 21.6. The number of allylic oxidation sites excluding steroid dienone is 2. The van der Waals surface area contributed by atoms with Gasteiger partial charge in [0.1, 0.15) is 17.7 Å². The summed E-state index contributed by atoms with van der Waals surface area (Å²) in [6, 6.07) is 11.7. The second-order valence-corrected chi connectivity index (χ2v) is 7.39. The molecule has 1 saturated heterocycles. The molecule has 7 nitrogen and oxygen atoms in total. The highest BCUT2D eigenvalue weighted by molar-refractivity contribution is 5.96. The van der Waals surface area contributed by atoms with E-state index in [1.54, 1.807) is 43.3 Å². The van der Waals surface area contributed by atoms with Crippen LogP contribution in [0.3, 0.4) is 0 Å². The van der Waals surface area contributed by atoms with Crippen molar-refractivity contribution in [2.75, 3.05) is 0 Å². The second-order valence-electron chi connectivity index (χ2n) is 7.39. The topological polar surface area (TPSA) is 90.1 Å². The summed E-state index contributed by atoms with van der Waals surface area (Å²) in [4.78, 5) is 11.7. The molecule has 1 fully saturated rings. The number of hydrogen-bond acceptors (Lipinski definition) is 6. The summed E-state index contributed by atoms with van der Waals surface area (Å²) in [5.41, 5.74) is 2.41. The van der Waals surface area contributed by atoms with Crippen LogP contribution in [-0.4, -0.2) is 43.5 Å². The Morgan fingerprint density at radius 3 is 2.19 bits per heavy atom. The lowest BCUT2D eigenvalue weighted by molar-refractivity contribution is -0.156. The van der Waals surface area contributed by atoms with Crippen molar-refractivity contribution in [3.05, 3.63) is 89.3 Å². The van der Waals surface area contributed by atoms with Gasteiger partial charge < -0.3 is 9.84 Å². The first-order valence-electron chi connectivity index (χ1n) is 9.98. The van der Waals surface area contributed by atoms with E-state index in [-0.39, 0.29) is 12.8 Å². The number of aliphatic hydroxyl groups excluding tert-OH is 1. The number of aryl methyl sites for hydroxylation is 1. The van der Waals surface area contributed by atoms with Gasteiger partial charge in [0, 0.05) is 12.0 Å². The fourth-order valence-corrected chi connectivity index (χ4v) is 3.53. The molecule has 0 saturated carbocycles. The zero-order valence-corrected chi connectivity index (χ0v) is 17.2. The predicted octanol–water partition coefficient (Wildman–Crippen LogP) is 3.30. The first-order valence-corrected chi connectivity index (χ1v) is 9.98. The highest BCUT2D eigenvalue weighted by atomic mass is 19.1. The second kappa shape index (κ2) is 9.19. The lowest BCUT2D eigenvalue weighted by Gasteiger charge is -2.23. The molecule has 0 amide bonds. The predicted molar refractivity (Wildman–Crippen MR) is 112 cm³/mol. The molecule has 2 heterocycles. The van der Waals surface area contributed by atoms with Crippen molar-refractivity contribution in [3.63, 3.8) is 0 Å². The molecule has 2 unspecified atom stereocenters. The average Bonchev–Trinajstić information content (AvgIpc) is 3.18. The highest BCUT2D eigenvalue weighted by Crippen LogP contribution is 2.31. The molecule has 0 aliphatic carbocycles. The third-order valence-electron chi connectivity index (χ3n) is 5.03. The number of cyclic esters (lactones) is 1. The van der Waals surface area contributed by atoms with E-state index >= 15 is 0 Å². The number of carbonyl (C=O) groups excluding carboxylic acids is 1. The molecular weight excluding hydrogens is 418 g/mol. The number of ether oxygens (including phenoxy) is 1. The number of aliphatic hydroxyl groups is 1. The van der Waals surface area contributed by atoms with E-state index in [4.69, 9.17) is 4.74 Å². The maximum atomic E-state index is 13.6. The minimum absolute atomic E-state index is 0.0461. The van der Waals surface area contributed by atoms with Crippen LogP contribution in [-0.2, 0) is 9.53 Å². The van der Waals surface area contributed by atoms with Crippen LogP contribution in [0.2, 0.25) is 0 Å². The number of tetrazole rings is 1. The van der Waals surface area contributed by atoms with Gasteiger partial charge >= 0.3 is 5.97 Å². The Kier molecular flexibility index (Phi) is 6.18. The fraction of sp³-hybridized carbons (Fsp3) is 0.217. The summed E-state index contributed by atoms with van der Waals surface area (Å²) >= 11 is 0. The van der Waals surface area contributed by atoms with E-state index in [2.05, 4.69) is 15.5 Å². The van der Waals surface area contributed by atoms with Gasteiger partial charge in [-0.05, 0) is 64.9 Å². The number of halogens is 2. The van der Waals surface area contributed by atoms with Crippen molar-refractivity contribution < 1.29 is 23.4 Å². The minimum Gasteiger partial charge on any atom is -0.458 e. The standard InChI is InChI=1S/C23H20F2N4O3/c1-14-26-27-28-29(14)21(11-10-20-12-19(30)13-22(31)32-20)23(15-2-6-17(24)7-3-15)16-4-8-18(25)9-5-16/h2-11,19-20,30H,12-13H2,1H3/b11-10+. The third kappa shape index (κ3) is 4.78. The highest BCUT2D eigenvalue weighted by Gasteiger charge is 2.26. The van der Waals surface area contributed by atoms with E-state index in [1.807, 2.05) is 0 Å². The largest absolute Gasteiger partial charge is 0.458 e. The normalized spacial score (nSPS) is 18.6. The maximum Gasteiger partial charge on any atom is 0.309 e. The number of aromatic nitrogens is 4.